The molecule has 0 aromatic heterocycles. The first-order valence-electron chi connectivity index (χ1n) is 6.47. The molecule has 1 fully saturated rings. The van der Waals surface area contributed by atoms with Gasteiger partial charge in [-0.15, -0.1) is 0 Å². The highest BCUT2D eigenvalue weighted by molar-refractivity contribution is 6.30. The molecule has 0 spiro atoms. The molecule has 0 bridgehead atoms. The Morgan fingerprint density at radius 3 is 2.74 bits per heavy atom. The van der Waals surface area contributed by atoms with Gasteiger partial charge in [0.15, 0.2) is 0 Å². The van der Waals surface area contributed by atoms with Gasteiger partial charge in [-0.1, -0.05) is 23.7 Å². The molecule has 0 saturated carbocycles. The second-order valence-electron chi connectivity index (χ2n) is 4.91. The molecule has 1 N–H and O–H groups in total. The minimum Gasteiger partial charge on any atom is -0.393 e. The Bertz CT molecular complexity index is 491. The van der Waals surface area contributed by atoms with E-state index in [0.29, 0.717) is 36.5 Å². The Hall–Kier alpha value is -1.32. The van der Waals surface area contributed by atoms with E-state index in [4.69, 9.17) is 11.6 Å². The number of amides is 1. The molecule has 1 saturated heterocycles. The van der Waals surface area contributed by atoms with Crippen molar-refractivity contribution in [3.8, 4) is 0 Å². The van der Waals surface area contributed by atoms with Crippen molar-refractivity contribution in [3.05, 3.63) is 40.4 Å². The Kier molecular flexibility index (Phi) is 4.61. The predicted molar refractivity (Wildman–Crippen MR) is 76.9 cm³/mol. The smallest absolute Gasteiger partial charge is 0.249 e. The summed E-state index contributed by atoms with van der Waals surface area (Å²) in [7, 11) is 0. The van der Waals surface area contributed by atoms with Gasteiger partial charge in [0.1, 0.15) is 0 Å². The second kappa shape index (κ2) is 6.22. The van der Waals surface area contributed by atoms with Crippen molar-refractivity contribution in [2.24, 2.45) is 0 Å². The van der Waals surface area contributed by atoms with Gasteiger partial charge in [-0.05, 0) is 43.5 Å². The number of likely N-dealkylation sites (tertiary alicyclic amines) is 1. The lowest BCUT2D eigenvalue weighted by atomic mass is 10.1. The van der Waals surface area contributed by atoms with Crippen LogP contribution < -0.4 is 0 Å². The van der Waals surface area contributed by atoms with Crippen molar-refractivity contribution in [2.45, 2.75) is 25.9 Å². The number of aliphatic hydroxyl groups excluding tert-OH is 1. The molecule has 1 heterocycles. The Labute approximate surface area is 118 Å². The minimum absolute atomic E-state index is 0.0341. The van der Waals surface area contributed by atoms with Gasteiger partial charge < -0.3 is 10.0 Å². The van der Waals surface area contributed by atoms with Crippen LogP contribution >= 0.6 is 11.6 Å². The normalized spacial score (nSPS) is 17.6. The molecule has 19 heavy (non-hydrogen) atoms. The highest BCUT2D eigenvalue weighted by Gasteiger charge is 2.21. The van der Waals surface area contributed by atoms with Crippen LogP contribution in [0.5, 0.6) is 0 Å². The summed E-state index contributed by atoms with van der Waals surface area (Å²) in [6, 6.07) is 7.42. The van der Waals surface area contributed by atoms with Crippen molar-refractivity contribution in [2.75, 3.05) is 13.1 Å². The standard InChI is InChI=1S/C15H18ClNO2/c1-11(9-12-3-2-4-13(16)10-12)15(19)17-7-5-14(18)6-8-17/h2-4,9-10,14,18H,5-8H2,1H3/b11-9-. The molecule has 1 aliphatic heterocycles. The maximum absolute atomic E-state index is 12.2. The van der Waals surface area contributed by atoms with Crippen LogP contribution in [0.1, 0.15) is 25.3 Å². The fourth-order valence-electron chi connectivity index (χ4n) is 2.23. The molecule has 102 valence electrons. The van der Waals surface area contributed by atoms with E-state index >= 15 is 0 Å². The summed E-state index contributed by atoms with van der Waals surface area (Å²) in [4.78, 5) is 14.0. The first kappa shape index (κ1) is 14.1. The van der Waals surface area contributed by atoms with Crippen LogP contribution in [0.15, 0.2) is 29.8 Å². The van der Waals surface area contributed by atoms with Gasteiger partial charge in [0.05, 0.1) is 6.10 Å². The monoisotopic (exact) mass is 279 g/mol. The van der Waals surface area contributed by atoms with E-state index in [1.807, 2.05) is 37.3 Å². The fourth-order valence-corrected chi connectivity index (χ4v) is 2.43. The van der Waals surface area contributed by atoms with E-state index in [2.05, 4.69) is 0 Å². The third-order valence-corrected chi connectivity index (χ3v) is 3.56. The number of rotatable bonds is 2. The van der Waals surface area contributed by atoms with Crippen molar-refractivity contribution in [1.29, 1.82) is 0 Å². The molecule has 2 rings (SSSR count). The van der Waals surface area contributed by atoms with Crippen LogP contribution in [-0.4, -0.2) is 35.1 Å². The number of halogens is 1. The van der Waals surface area contributed by atoms with Crippen LogP contribution in [0.2, 0.25) is 5.02 Å². The van der Waals surface area contributed by atoms with Crippen LogP contribution in [0, 0.1) is 0 Å². The van der Waals surface area contributed by atoms with E-state index in [0.717, 1.165) is 5.56 Å². The van der Waals surface area contributed by atoms with Gasteiger partial charge in [0.25, 0.3) is 0 Å². The lowest BCUT2D eigenvalue weighted by molar-refractivity contribution is -0.128. The molecule has 1 aromatic rings. The van der Waals surface area contributed by atoms with Crippen molar-refractivity contribution in [3.63, 3.8) is 0 Å². The van der Waals surface area contributed by atoms with Crippen molar-refractivity contribution >= 4 is 23.6 Å². The molecule has 0 radical (unpaired) electrons. The number of hydrogen-bond donors (Lipinski definition) is 1. The number of aliphatic hydroxyl groups is 1. The molecular weight excluding hydrogens is 262 g/mol. The molecule has 1 amide bonds. The Morgan fingerprint density at radius 1 is 1.42 bits per heavy atom. The number of carbonyl (C=O) groups excluding carboxylic acids is 1. The summed E-state index contributed by atoms with van der Waals surface area (Å²) in [5.74, 6) is 0.0341. The van der Waals surface area contributed by atoms with Crippen LogP contribution in [0.3, 0.4) is 0 Å². The highest BCUT2D eigenvalue weighted by Crippen LogP contribution is 2.17. The van der Waals surface area contributed by atoms with Gasteiger partial charge in [-0.3, -0.25) is 4.79 Å². The van der Waals surface area contributed by atoms with E-state index in [-0.39, 0.29) is 12.0 Å². The molecule has 4 heteroatoms. The first-order valence-corrected chi connectivity index (χ1v) is 6.85. The third-order valence-electron chi connectivity index (χ3n) is 3.32. The predicted octanol–water partition coefficient (Wildman–Crippen LogP) is 2.73. The van der Waals surface area contributed by atoms with Crippen molar-refractivity contribution < 1.29 is 9.90 Å². The molecule has 0 aliphatic carbocycles. The number of carbonyl (C=O) groups is 1. The lowest BCUT2D eigenvalue weighted by Crippen LogP contribution is -2.40. The number of hydrogen-bond acceptors (Lipinski definition) is 2. The zero-order chi connectivity index (χ0) is 13.8. The summed E-state index contributed by atoms with van der Waals surface area (Å²) in [5.41, 5.74) is 1.62. The van der Waals surface area contributed by atoms with Gasteiger partial charge in [0, 0.05) is 23.7 Å². The molecular formula is C15H18ClNO2. The molecule has 0 unspecified atom stereocenters. The Morgan fingerprint density at radius 2 is 2.11 bits per heavy atom. The number of benzene rings is 1. The average Bonchev–Trinajstić information content (AvgIpc) is 2.39. The van der Waals surface area contributed by atoms with E-state index < -0.39 is 0 Å². The summed E-state index contributed by atoms with van der Waals surface area (Å²) >= 11 is 5.92. The zero-order valence-electron chi connectivity index (χ0n) is 11.0. The summed E-state index contributed by atoms with van der Waals surface area (Å²) in [6.45, 7) is 3.07. The maximum atomic E-state index is 12.2. The van der Waals surface area contributed by atoms with E-state index in [1.54, 1.807) is 4.90 Å². The average molecular weight is 280 g/mol. The van der Waals surface area contributed by atoms with Crippen LogP contribution in [-0.2, 0) is 4.79 Å². The van der Waals surface area contributed by atoms with E-state index in [9.17, 15) is 9.90 Å². The number of nitrogens with zero attached hydrogens (tertiary/aromatic N) is 1. The zero-order valence-corrected chi connectivity index (χ0v) is 11.7. The van der Waals surface area contributed by atoms with Crippen molar-refractivity contribution in [1.82, 2.24) is 4.90 Å². The lowest BCUT2D eigenvalue weighted by Gasteiger charge is -2.29. The van der Waals surface area contributed by atoms with Gasteiger partial charge in [-0.25, -0.2) is 0 Å². The van der Waals surface area contributed by atoms with Gasteiger partial charge in [-0.2, -0.15) is 0 Å². The van der Waals surface area contributed by atoms with Crippen LogP contribution in [0.4, 0.5) is 0 Å². The van der Waals surface area contributed by atoms with E-state index in [1.165, 1.54) is 0 Å². The summed E-state index contributed by atoms with van der Waals surface area (Å²) < 4.78 is 0. The Balaban J connectivity index is 2.06. The van der Waals surface area contributed by atoms with Gasteiger partial charge >= 0.3 is 0 Å². The summed E-state index contributed by atoms with van der Waals surface area (Å²) in [5, 5.41) is 10.1. The molecule has 1 aliphatic rings. The maximum Gasteiger partial charge on any atom is 0.249 e. The third kappa shape index (κ3) is 3.82. The van der Waals surface area contributed by atoms with Crippen LogP contribution in [0.25, 0.3) is 6.08 Å². The SMILES string of the molecule is C/C(=C/c1cccc(Cl)c1)C(=O)N1CCC(O)CC1. The molecule has 3 nitrogen and oxygen atoms in total. The molecule has 1 aromatic carbocycles. The highest BCUT2D eigenvalue weighted by atomic mass is 35.5. The minimum atomic E-state index is -0.263. The fraction of sp³-hybridized carbons (Fsp3) is 0.400. The largest absolute Gasteiger partial charge is 0.393 e. The molecule has 0 atom stereocenters. The second-order valence-corrected chi connectivity index (χ2v) is 5.34. The number of piperidine rings is 1. The first-order chi connectivity index (χ1) is 9.06. The summed E-state index contributed by atoms with van der Waals surface area (Å²) in [6.07, 6.45) is 2.91. The van der Waals surface area contributed by atoms with Gasteiger partial charge in [0.2, 0.25) is 5.91 Å². The topological polar surface area (TPSA) is 40.5 Å². The quantitative estimate of drug-likeness (QED) is 0.846.